The van der Waals surface area contributed by atoms with Gasteiger partial charge in [0, 0.05) is 36.5 Å². The summed E-state index contributed by atoms with van der Waals surface area (Å²) < 4.78 is 61.1. The number of fused-ring (bicyclic) bond motifs is 2. The smallest absolute Gasteiger partial charge is 0.335 e. The Morgan fingerprint density at radius 3 is 2.68 bits per heavy atom. The minimum absolute atomic E-state index is 0.0207. The molecule has 230 valence electrons. The Kier molecular flexibility index (Phi) is 6.99. The maximum absolute atomic E-state index is 15.1. The molecule has 44 heavy (non-hydrogen) atoms. The molecule has 0 bridgehead atoms. The zero-order chi connectivity index (χ0) is 30.8. The zero-order valence-electron chi connectivity index (χ0n) is 23.3. The predicted octanol–water partition coefficient (Wildman–Crippen LogP) is 6.47. The van der Waals surface area contributed by atoms with E-state index in [1.807, 2.05) is 4.57 Å². The van der Waals surface area contributed by atoms with Gasteiger partial charge in [-0.25, -0.2) is 18.5 Å². The molecule has 1 fully saturated rings. The minimum atomic E-state index is -3.73. The number of aromatic nitrogens is 2. The maximum atomic E-state index is 15.1. The van der Waals surface area contributed by atoms with Crippen molar-refractivity contribution in [3.05, 3.63) is 106 Å². The van der Waals surface area contributed by atoms with E-state index in [1.165, 1.54) is 39.2 Å². The highest BCUT2D eigenvalue weighted by molar-refractivity contribution is 8.20. The van der Waals surface area contributed by atoms with Gasteiger partial charge in [-0.05, 0) is 59.8 Å². The molecule has 4 heterocycles. The normalized spacial score (nSPS) is 24.6. The van der Waals surface area contributed by atoms with Crippen LogP contribution in [0.15, 0.2) is 73.1 Å². The first-order valence-corrected chi connectivity index (χ1v) is 15.6. The van der Waals surface area contributed by atoms with Crippen LogP contribution < -0.4 is 4.74 Å². The number of hydrogen-bond acceptors (Lipinski definition) is 9. The summed E-state index contributed by atoms with van der Waals surface area (Å²) in [7, 11) is -3.73. The monoisotopic (exact) mass is 642 g/mol. The Hall–Kier alpha value is -3.85. The summed E-state index contributed by atoms with van der Waals surface area (Å²) in [4.78, 5) is 16.4. The SMILES string of the molecule is CC1(c2ccc(Cl)cc2F)Oc2ccccc2C(N2C=CN(Cc3nc4ccc(C(=O)O)cc4n3C[C@@H]3CCO3)S2(O)O)O1. The van der Waals surface area contributed by atoms with Gasteiger partial charge in [-0.1, -0.05) is 29.8 Å². The van der Waals surface area contributed by atoms with Crippen molar-refractivity contribution in [2.75, 3.05) is 6.61 Å². The molecule has 0 aliphatic carbocycles. The average molecular weight is 643 g/mol. The first-order valence-electron chi connectivity index (χ1n) is 13.8. The van der Waals surface area contributed by atoms with E-state index in [1.54, 1.807) is 43.3 Å². The van der Waals surface area contributed by atoms with Gasteiger partial charge in [0.05, 0.1) is 41.4 Å². The number of rotatable bonds is 7. The number of imidazole rings is 1. The molecule has 11 nitrogen and oxygen atoms in total. The van der Waals surface area contributed by atoms with E-state index in [4.69, 9.17) is 30.8 Å². The molecule has 3 N–H and O–H groups in total. The lowest BCUT2D eigenvalue weighted by molar-refractivity contribution is -0.248. The Morgan fingerprint density at radius 1 is 1.16 bits per heavy atom. The Balaban J connectivity index is 1.22. The standard InChI is InChI=1S/C30H28ClFN4O7S/c1-30(22-8-7-19(31)15-23(22)32)42-26-5-3-2-4-21(26)28(43-30)36-12-11-34(44(36,39)40)17-27-33-24-9-6-18(29(37)38)14-25(24)35(27)16-20-10-13-41-20/h2-9,11-12,14-15,20,28,39-40H,10,13,16-17H2,1H3,(H,37,38)/t20-,28?,30?/m0/s1. The molecule has 14 heteroatoms. The lowest BCUT2D eigenvalue weighted by atomic mass is 10.0. The predicted molar refractivity (Wildman–Crippen MR) is 160 cm³/mol. The van der Waals surface area contributed by atoms with Crippen LogP contribution in [0.4, 0.5) is 4.39 Å². The first-order chi connectivity index (χ1) is 21.0. The molecule has 7 rings (SSSR count). The van der Waals surface area contributed by atoms with E-state index in [-0.39, 0.29) is 28.8 Å². The molecule has 1 aromatic heterocycles. The van der Waals surface area contributed by atoms with Gasteiger partial charge in [-0.2, -0.15) is 0 Å². The number of aromatic carboxylic acids is 1. The third-order valence-corrected chi connectivity index (χ3v) is 10.0. The molecule has 3 aromatic carbocycles. The number of nitrogens with zero attached hydrogens (tertiary/aromatic N) is 4. The quantitative estimate of drug-likeness (QED) is 0.206. The summed E-state index contributed by atoms with van der Waals surface area (Å²) in [6.07, 6.45) is 2.74. The zero-order valence-corrected chi connectivity index (χ0v) is 24.9. The number of carboxylic acid groups (broad SMARTS) is 1. The van der Waals surface area contributed by atoms with E-state index in [0.29, 0.717) is 41.3 Å². The molecule has 0 radical (unpaired) electrons. The third kappa shape index (κ3) is 4.85. The number of halogens is 2. The molecular formula is C30H28ClFN4O7S. The Labute approximate surface area is 258 Å². The number of hydrogen-bond donors (Lipinski definition) is 3. The third-order valence-electron chi connectivity index (χ3n) is 8.01. The number of carbonyl (C=O) groups is 1. The first kappa shape index (κ1) is 28.9. The fourth-order valence-corrected chi connectivity index (χ4v) is 7.16. The molecule has 4 aromatic rings. The largest absolute Gasteiger partial charge is 0.478 e. The van der Waals surface area contributed by atoms with Gasteiger partial charge in [0.2, 0.25) is 5.79 Å². The van der Waals surface area contributed by atoms with Gasteiger partial charge >= 0.3 is 5.97 Å². The van der Waals surface area contributed by atoms with Crippen LogP contribution in [-0.2, 0) is 28.4 Å². The highest BCUT2D eigenvalue weighted by atomic mass is 35.5. The van der Waals surface area contributed by atoms with Crippen LogP contribution >= 0.6 is 22.6 Å². The van der Waals surface area contributed by atoms with E-state index in [9.17, 15) is 19.0 Å². The Bertz CT molecular complexity index is 1820. The molecular weight excluding hydrogens is 615 g/mol. The van der Waals surface area contributed by atoms with Crippen LogP contribution in [0.2, 0.25) is 5.02 Å². The van der Waals surface area contributed by atoms with E-state index < -0.39 is 34.8 Å². The number of carboxylic acids is 1. The van der Waals surface area contributed by atoms with Gasteiger partial charge in [-0.15, -0.1) is 0 Å². The van der Waals surface area contributed by atoms with Gasteiger partial charge < -0.3 is 23.9 Å². The van der Waals surface area contributed by atoms with E-state index in [0.717, 1.165) is 12.5 Å². The van der Waals surface area contributed by atoms with Crippen LogP contribution in [0.25, 0.3) is 11.0 Å². The number of benzene rings is 3. The van der Waals surface area contributed by atoms with Crippen molar-refractivity contribution in [2.45, 2.75) is 44.6 Å². The summed E-state index contributed by atoms with van der Waals surface area (Å²) >= 11 is 5.99. The topological polar surface area (TPSA) is 130 Å². The summed E-state index contributed by atoms with van der Waals surface area (Å²) in [6.45, 7) is 2.61. The van der Waals surface area contributed by atoms with Crippen molar-refractivity contribution in [1.29, 1.82) is 0 Å². The van der Waals surface area contributed by atoms with Gasteiger partial charge in [0.25, 0.3) is 0 Å². The second-order valence-corrected chi connectivity index (χ2v) is 13.1. The van der Waals surface area contributed by atoms with Gasteiger partial charge in [0.15, 0.2) is 6.23 Å². The van der Waals surface area contributed by atoms with Crippen molar-refractivity contribution in [3.63, 3.8) is 0 Å². The molecule has 0 amide bonds. The summed E-state index contributed by atoms with van der Waals surface area (Å²) in [6, 6.07) is 15.8. The van der Waals surface area contributed by atoms with Gasteiger partial charge in [0.1, 0.15) is 17.4 Å². The highest BCUT2D eigenvalue weighted by Crippen LogP contribution is 2.59. The second kappa shape index (κ2) is 10.6. The lowest BCUT2D eigenvalue weighted by Gasteiger charge is -2.50. The fourth-order valence-electron chi connectivity index (χ4n) is 5.63. The van der Waals surface area contributed by atoms with Crippen molar-refractivity contribution in [3.8, 4) is 5.75 Å². The van der Waals surface area contributed by atoms with Crippen LogP contribution in [0.3, 0.4) is 0 Å². The van der Waals surface area contributed by atoms with Crippen LogP contribution in [0.5, 0.6) is 5.75 Å². The van der Waals surface area contributed by atoms with Crippen molar-refractivity contribution < 1.29 is 37.6 Å². The number of para-hydroxylation sites is 1. The molecule has 3 aliphatic rings. The minimum Gasteiger partial charge on any atom is -0.478 e. The summed E-state index contributed by atoms with van der Waals surface area (Å²) in [5.41, 5.74) is 1.90. The molecule has 2 unspecified atom stereocenters. The average Bonchev–Trinajstić information content (AvgIpc) is 3.44. The van der Waals surface area contributed by atoms with Crippen molar-refractivity contribution >= 4 is 39.6 Å². The van der Waals surface area contributed by atoms with Gasteiger partial charge in [-0.3, -0.25) is 13.4 Å². The second-order valence-electron chi connectivity index (χ2n) is 10.8. The van der Waals surface area contributed by atoms with Crippen molar-refractivity contribution in [2.24, 2.45) is 0 Å². The molecule has 3 atom stereocenters. The maximum Gasteiger partial charge on any atom is 0.335 e. The van der Waals surface area contributed by atoms with E-state index in [2.05, 4.69) is 0 Å². The Morgan fingerprint density at radius 2 is 1.95 bits per heavy atom. The summed E-state index contributed by atoms with van der Waals surface area (Å²) in [5.74, 6) is -2.45. The fraction of sp³-hybridized carbons (Fsp3) is 0.267. The van der Waals surface area contributed by atoms with E-state index >= 15 is 4.39 Å². The van der Waals surface area contributed by atoms with Crippen LogP contribution in [-0.4, -0.2) is 51.1 Å². The molecule has 1 saturated heterocycles. The summed E-state index contributed by atoms with van der Waals surface area (Å²) in [5, 5.41) is 9.76. The van der Waals surface area contributed by atoms with Crippen LogP contribution in [0, 0.1) is 5.82 Å². The molecule has 0 spiro atoms. The molecule has 3 aliphatic heterocycles. The van der Waals surface area contributed by atoms with Crippen molar-refractivity contribution in [1.82, 2.24) is 18.2 Å². The molecule has 0 saturated carbocycles. The number of ether oxygens (including phenoxy) is 3. The lowest BCUT2D eigenvalue weighted by Crippen LogP contribution is -2.44. The highest BCUT2D eigenvalue weighted by Gasteiger charge is 2.48. The van der Waals surface area contributed by atoms with Crippen LogP contribution in [0.1, 0.15) is 46.9 Å².